The van der Waals surface area contributed by atoms with Gasteiger partial charge in [-0.2, -0.15) is 0 Å². The Morgan fingerprint density at radius 2 is 2.75 bits per heavy atom. The standard InChI is InChI=1S/C6H7NS/c1-8-6-3-2-4-7-5-6/h2-5H,1H3/i5D. The van der Waals surface area contributed by atoms with Crippen LogP contribution in [0.2, 0.25) is 0 Å². The molecule has 0 fully saturated rings. The van der Waals surface area contributed by atoms with E-state index in [9.17, 15) is 0 Å². The maximum absolute atomic E-state index is 7.24. The fourth-order valence-corrected chi connectivity index (χ4v) is 0.784. The second kappa shape index (κ2) is 2.72. The smallest absolute Gasteiger partial charge is 0.0852 e. The third-order valence-corrected chi connectivity index (χ3v) is 1.47. The lowest BCUT2D eigenvalue weighted by Crippen LogP contribution is -1.69. The summed E-state index contributed by atoms with van der Waals surface area (Å²) < 4.78 is 7.24. The van der Waals surface area contributed by atoms with Gasteiger partial charge in [0.05, 0.1) is 1.37 Å². The number of hydrogen-bond donors (Lipinski definition) is 0. The Balaban J connectivity index is 3.01. The minimum atomic E-state index is 0.366. The van der Waals surface area contributed by atoms with Crippen LogP contribution < -0.4 is 0 Å². The highest BCUT2D eigenvalue weighted by atomic mass is 32.2. The lowest BCUT2D eigenvalue weighted by Gasteiger charge is -1.88. The predicted octanol–water partition coefficient (Wildman–Crippen LogP) is 1.80. The Morgan fingerprint density at radius 1 is 1.88 bits per heavy atom. The summed E-state index contributed by atoms with van der Waals surface area (Å²) >= 11 is 1.55. The maximum Gasteiger partial charge on any atom is 0.0852 e. The zero-order chi connectivity index (χ0) is 6.69. The highest BCUT2D eigenvalue weighted by molar-refractivity contribution is 7.98. The normalized spacial score (nSPS) is 10.9. The fourth-order valence-electron chi connectivity index (χ4n) is 0.425. The van der Waals surface area contributed by atoms with Gasteiger partial charge in [-0.3, -0.25) is 4.98 Å². The van der Waals surface area contributed by atoms with E-state index in [0.717, 1.165) is 4.90 Å². The zero-order valence-electron chi connectivity index (χ0n) is 5.59. The molecule has 0 saturated heterocycles. The Kier molecular flexibility index (Phi) is 1.49. The van der Waals surface area contributed by atoms with Gasteiger partial charge in [-0.15, -0.1) is 11.8 Å². The topological polar surface area (TPSA) is 12.9 Å². The second-order valence-corrected chi connectivity index (χ2v) is 2.17. The first-order chi connectivity index (χ1) is 4.34. The fraction of sp³-hybridized carbons (Fsp3) is 0.167. The Morgan fingerprint density at radius 3 is 3.25 bits per heavy atom. The van der Waals surface area contributed by atoms with Crippen molar-refractivity contribution in [3.63, 3.8) is 0 Å². The van der Waals surface area contributed by atoms with E-state index in [-0.39, 0.29) is 0 Å². The molecule has 1 heterocycles. The summed E-state index contributed by atoms with van der Waals surface area (Å²) in [6, 6.07) is 3.73. The summed E-state index contributed by atoms with van der Waals surface area (Å²) in [7, 11) is 0. The van der Waals surface area contributed by atoms with E-state index in [2.05, 4.69) is 4.98 Å². The van der Waals surface area contributed by atoms with Gasteiger partial charge in [-0.05, 0) is 18.4 Å². The molecule has 1 aromatic rings. The van der Waals surface area contributed by atoms with Gasteiger partial charge in [0.2, 0.25) is 0 Å². The van der Waals surface area contributed by atoms with Crippen LogP contribution in [0.25, 0.3) is 0 Å². The van der Waals surface area contributed by atoms with Crippen molar-refractivity contribution in [2.24, 2.45) is 0 Å². The molecule has 0 aliphatic carbocycles. The van der Waals surface area contributed by atoms with E-state index in [1.54, 1.807) is 18.0 Å². The van der Waals surface area contributed by atoms with E-state index in [0.29, 0.717) is 6.17 Å². The van der Waals surface area contributed by atoms with Crippen LogP contribution in [-0.2, 0) is 0 Å². The lowest BCUT2D eigenvalue weighted by atomic mass is 10.5. The van der Waals surface area contributed by atoms with E-state index < -0.39 is 0 Å². The van der Waals surface area contributed by atoms with Gasteiger partial charge in [0.25, 0.3) is 0 Å². The molecule has 0 aromatic carbocycles. The van der Waals surface area contributed by atoms with Crippen molar-refractivity contribution in [2.45, 2.75) is 4.90 Å². The summed E-state index contributed by atoms with van der Waals surface area (Å²) in [6.45, 7) is 0. The molecule has 0 aliphatic heterocycles. The monoisotopic (exact) mass is 126 g/mol. The summed E-state index contributed by atoms with van der Waals surface area (Å²) in [5.41, 5.74) is 0. The summed E-state index contributed by atoms with van der Waals surface area (Å²) in [4.78, 5) is 4.72. The number of aromatic nitrogens is 1. The Hall–Kier alpha value is -0.500. The third-order valence-electron chi connectivity index (χ3n) is 0.803. The molecule has 0 atom stereocenters. The third kappa shape index (κ3) is 1.23. The molecule has 0 N–H and O–H groups in total. The van der Waals surface area contributed by atoms with Crippen molar-refractivity contribution in [1.29, 1.82) is 0 Å². The molecule has 0 amide bonds. The Bertz CT molecular complexity index is 202. The van der Waals surface area contributed by atoms with Crippen LogP contribution >= 0.6 is 11.8 Å². The summed E-state index contributed by atoms with van der Waals surface area (Å²) in [6.07, 6.45) is 3.93. The molecule has 0 saturated carbocycles. The first-order valence-corrected chi connectivity index (χ1v) is 3.52. The van der Waals surface area contributed by atoms with Crippen molar-refractivity contribution >= 4 is 11.8 Å². The minimum absolute atomic E-state index is 0.366. The zero-order valence-corrected chi connectivity index (χ0v) is 5.40. The van der Waals surface area contributed by atoms with Gasteiger partial charge >= 0.3 is 0 Å². The molecule has 1 rings (SSSR count). The quantitative estimate of drug-likeness (QED) is 0.532. The van der Waals surface area contributed by atoms with Crippen LogP contribution in [0.1, 0.15) is 1.37 Å². The van der Waals surface area contributed by atoms with Gasteiger partial charge in [0.15, 0.2) is 0 Å². The molecule has 8 heavy (non-hydrogen) atoms. The number of thioether (sulfide) groups is 1. The molecule has 0 spiro atoms. The van der Waals surface area contributed by atoms with Gasteiger partial charge < -0.3 is 0 Å². The highest BCUT2D eigenvalue weighted by Gasteiger charge is 1.81. The molecule has 0 unspecified atom stereocenters. The number of nitrogens with zero attached hydrogens (tertiary/aromatic N) is 1. The van der Waals surface area contributed by atoms with Gasteiger partial charge in [0.1, 0.15) is 0 Å². The second-order valence-electron chi connectivity index (χ2n) is 1.32. The summed E-state index contributed by atoms with van der Waals surface area (Å²) in [5, 5.41) is 0. The summed E-state index contributed by atoms with van der Waals surface area (Å²) in [5.74, 6) is 0. The maximum atomic E-state index is 7.24. The van der Waals surface area contributed by atoms with Crippen molar-refractivity contribution in [1.82, 2.24) is 4.98 Å². The molecule has 1 aromatic heterocycles. The van der Waals surface area contributed by atoms with Crippen LogP contribution in [0.5, 0.6) is 0 Å². The Labute approximate surface area is 54.5 Å². The van der Waals surface area contributed by atoms with E-state index in [1.807, 2.05) is 18.4 Å². The van der Waals surface area contributed by atoms with Crippen LogP contribution in [0.15, 0.2) is 29.4 Å². The van der Waals surface area contributed by atoms with Crippen LogP contribution in [0.3, 0.4) is 0 Å². The largest absolute Gasteiger partial charge is 0.264 e. The molecular formula is C6H7NS. The van der Waals surface area contributed by atoms with Crippen LogP contribution in [0.4, 0.5) is 0 Å². The SMILES string of the molecule is [2H]c1ncccc1SC. The van der Waals surface area contributed by atoms with E-state index >= 15 is 0 Å². The van der Waals surface area contributed by atoms with Crippen LogP contribution in [-0.4, -0.2) is 11.2 Å². The number of pyridine rings is 1. The van der Waals surface area contributed by atoms with Gasteiger partial charge in [-0.25, -0.2) is 0 Å². The van der Waals surface area contributed by atoms with Crippen molar-refractivity contribution < 1.29 is 1.37 Å². The highest BCUT2D eigenvalue weighted by Crippen LogP contribution is 2.09. The molecule has 1 nitrogen and oxygen atoms in total. The first kappa shape index (κ1) is 4.39. The average molecular weight is 126 g/mol. The van der Waals surface area contributed by atoms with E-state index in [1.165, 1.54) is 0 Å². The molecule has 42 valence electrons. The van der Waals surface area contributed by atoms with Crippen LogP contribution in [0, 0.1) is 0 Å². The molecule has 0 aliphatic rings. The van der Waals surface area contributed by atoms with Gasteiger partial charge in [-0.1, -0.05) is 0 Å². The number of rotatable bonds is 1. The average Bonchev–Trinajstić information content (AvgIpc) is 1.89. The van der Waals surface area contributed by atoms with E-state index in [4.69, 9.17) is 1.37 Å². The molecule has 0 radical (unpaired) electrons. The van der Waals surface area contributed by atoms with Gasteiger partial charge in [0, 0.05) is 17.3 Å². The molecule has 2 heteroatoms. The lowest BCUT2D eigenvalue weighted by molar-refractivity contribution is 1.24. The predicted molar refractivity (Wildman–Crippen MR) is 36.0 cm³/mol. The molecular weight excluding hydrogens is 118 g/mol. The number of hydrogen-bond acceptors (Lipinski definition) is 2. The van der Waals surface area contributed by atoms with Crippen molar-refractivity contribution in [3.05, 3.63) is 24.5 Å². The van der Waals surface area contributed by atoms with Crippen molar-refractivity contribution in [3.8, 4) is 0 Å². The minimum Gasteiger partial charge on any atom is -0.264 e. The van der Waals surface area contributed by atoms with Crippen molar-refractivity contribution in [2.75, 3.05) is 6.26 Å². The molecule has 0 bridgehead atoms. The first-order valence-electron chi connectivity index (χ1n) is 2.80.